The van der Waals surface area contributed by atoms with Crippen molar-refractivity contribution in [3.63, 3.8) is 0 Å². The number of halogens is 1. The number of carbonyl (C=O) groups excluding carboxylic acids is 1. The number of fused-ring (bicyclic) bond motifs is 1. The smallest absolute Gasteiger partial charge is 0.274 e. The first kappa shape index (κ1) is 20.2. The lowest BCUT2D eigenvalue weighted by atomic mass is 9.95. The summed E-state index contributed by atoms with van der Waals surface area (Å²) in [5.74, 6) is -0.262. The molecule has 0 radical (unpaired) electrons. The molecule has 1 aromatic carbocycles. The van der Waals surface area contributed by atoms with Gasteiger partial charge in [-0.15, -0.1) is 11.3 Å². The van der Waals surface area contributed by atoms with E-state index < -0.39 is 0 Å². The summed E-state index contributed by atoms with van der Waals surface area (Å²) in [6.07, 6.45) is 4.82. The standard InChI is InChI=1S/C23H26FN5OS/c1-16-15-31-23(25-16)28-12-4-11-27(13-14-28)22(30)21-19-5-2-3-6-20(19)29(26-21)18-9-7-17(24)8-10-18/h7-10,15H,2-6,11-14H2,1H3. The number of benzene rings is 1. The molecule has 1 aliphatic heterocycles. The number of thiazole rings is 1. The van der Waals surface area contributed by atoms with Crippen LogP contribution in [-0.2, 0) is 12.8 Å². The summed E-state index contributed by atoms with van der Waals surface area (Å²) >= 11 is 1.66. The topological polar surface area (TPSA) is 54.3 Å². The Bertz CT molecular complexity index is 1090. The monoisotopic (exact) mass is 439 g/mol. The molecule has 162 valence electrons. The van der Waals surface area contributed by atoms with Crippen molar-refractivity contribution < 1.29 is 9.18 Å². The van der Waals surface area contributed by atoms with Crippen LogP contribution in [0.25, 0.3) is 5.69 Å². The first-order chi connectivity index (χ1) is 15.1. The van der Waals surface area contributed by atoms with E-state index in [1.54, 1.807) is 23.5 Å². The maximum Gasteiger partial charge on any atom is 0.274 e. The first-order valence-corrected chi connectivity index (χ1v) is 11.8. The normalized spacial score (nSPS) is 16.8. The fraction of sp³-hybridized carbons (Fsp3) is 0.435. The van der Waals surface area contributed by atoms with Crippen molar-refractivity contribution in [2.45, 2.75) is 39.0 Å². The number of nitrogens with zero attached hydrogens (tertiary/aromatic N) is 5. The number of carbonyl (C=O) groups is 1. The zero-order valence-corrected chi connectivity index (χ0v) is 18.5. The summed E-state index contributed by atoms with van der Waals surface area (Å²) in [6, 6.07) is 6.34. The second-order valence-electron chi connectivity index (χ2n) is 8.27. The van der Waals surface area contributed by atoms with Gasteiger partial charge in [-0.1, -0.05) is 0 Å². The number of aromatic nitrogens is 3. The van der Waals surface area contributed by atoms with Gasteiger partial charge in [-0.25, -0.2) is 14.1 Å². The summed E-state index contributed by atoms with van der Waals surface area (Å²) in [5.41, 5.74) is 4.57. The lowest BCUT2D eigenvalue weighted by Crippen LogP contribution is -2.36. The molecule has 2 aliphatic rings. The molecule has 0 atom stereocenters. The van der Waals surface area contributed by atoms with E-state index in [1.807, 2.05) is 16.5 Å². The van der Waals surface area contributed by atoms with Crippen LogP contribution in [0, 0.1) is 12.7 Å². The van der Waals surface area contributed by atoms with Gasteiger partial charge in [0.2, 0.25) is 0 Å². The van der Waals surface area contributed by atoms with Crippen molar-refractivity contribution >= 4 is 22.4 Å². The third-order valence-electron chi connectivity index (χ3n) is 6.11. The molecule has 0 saturated carbocycles. The number of rotatable bonds is 3. The van der Waals surface area contributed by atoms with Gasteiger partial charge in [0.05, 0.1) is 11.4 Å². The fourth-order valence-corrected chi connectivity index (χ4v) is 5.37. The SMILES string of the molecule is Cc1csc(N2CCCN(C(=O)c3nn(-c4ccc(F)cc4)c4c3CCCC4)CC2)n1. The summed E-state index contributed by atoms with van der Waals surface area (Å²) in [4.78, 5) is 22.3. The van der Waals surface area contributed by atoms with E-state index in [1.165, 1.54) is 12.1 Å². The Labute approximate surface area is 185 Å². The molecule has 31 heavy (non-hydrogen) atoms. The summed E-state index contributed by atoms with van der Waals surface area (Å²) in [5, 5.41) is 7.86. The van der Waals surface area contributed by atoms with Gasteiger partial charge in [-0.3, -0.25) is 4.79 Å². The molecule has 6 nitrogen and oxygen atoms in total. The highest BCUT2D eigenvalue weighted by Gasteiger charge is 2.29. The van der Waals surface area contributed by atoms with E-state index in [0.29, 0.717) is 12.2 Å². The first-order valence-electron chi connectivity index (χ1n) is 10.9. The predicted octanol–water partition coefficient (Wildman–Crippen LogP) is 4.01. The molecule has 8 heteroatoms. The van der Waals surface area contributed by atoms with Crippen LogP contribution in [-0.4, -0.2) is 51.8 Å². The summed E-state index contributed by atoms with van der Waals surface area (Å²) in [6.45, 7) is 5.07. The highest BCUT2D eigenvalue weighted by molar-refractivity contribution is 7.13. The summed E-state index contributed by atoms with van der Waals surface area (Å²) in [7, 11) is 0. The van der Waals surface area contributed by atoms with E-state index >= 15 is 0 Å². The van der Waals surface area contributed by atoms with Crippen LogP contribution in [0.15, 0.2) is 29.6 Å². The molecule has 5 rings (SSSR count). The van der Waals surface area contributed by atoms with Gasteiger partial charge in [0.1, 0.15) is 5.82 Å². The average molecular weight is 440 g/mol. The molecule has 2 aromatic heterocycles. The lowest BCUT2D eigenvalue weighted by Gasteiger charge is -2.21. The fourth-order valence-electron chi connectivity index (χ4n) is 4.52. The third-order valence-corrected chi connectivity index (χ3v) is 7.13. The molecule has 0 N–H and O–H groups in total. The van der Waals surface area contributed by atoms with Crippen LogP contribution in [0.4, 0.5) is 9.52 Å². The molecule has 3 aromatic rings. The van der Waals surface area contributed by atoms with Gasteiger partial charge in [0, 0.05) is 42.8 Å². The van der Waals surface area contributed by atoms with Crippen molar-refractivity contribution in [1.82, 2.24) is 19.7 Å². The van der Waals surface area contributed by atoms with E-state index in [4.69, 9.17) is 5.10 Å². The highest BCUT2D eigenvalue weighted by Crippen LogP contribution is 2.28. The van der Waals surface area contributed by atoms with Crippen LogP contribution >= 0.6 is 11.3 Å². The Hall–Kier alpha value is -2.74. The minimum Gasteiger partial charge on any atom is -0.346 e. The predicted molar refractivity (Wildman–Crippen MR) is 120 cm³/mol. The number of aryl methyl sites for hydroxylation is 1. The van der Waals surface area contributed by atoms with Gasteiger partial charge < -0.3 is 9.80 Å². The maximum absolute atomic E-state index is 13.5. The minimum atomic E-state index is -0.273. The molecular formula is C23H26FN5OS. The number of anilines is 1. The molecule has 3 heterocycles. The molecule has 1 amide bonds. The highest BCUT2D eigenvalue weighted by atomic mass is 32.1. The van der Waals surface area contributed by atoms with E-state index in [2.05, 4.69) is 15.3 Å². The van der Waals surface area contributed by atoms with Crippen molar-refractivity contribution in [2.75, 3.05) is 31.1 Å². The second kappa shape index (κ2) is 8.42. The average Bonchev–Trinajstić information content (AvgIpc) is 3.29. The Kier molecular flexibility index (Phi) is 5.48. The Morgan fingerprint density at radius 3 is 2.61 bits per heavy atom. The quantitative estimate of drug-likeness (QED) is 0.619. The Morgan fingerprint density at radius 1 is 1.03 bits per heavy atom. The number of amides is 1. The van der Waals surface area contributed by atoms with Crippen molar-refractivity contribution in [3.05, 3.63) is 58.1 Å². The molecule has 0 unspecified atom stereocenters. The van der Waals surface area contributed by atoms with Crippen molar-refractivity contribution in [2.24, 2.45) is 0 Å². The van der Waals surface area contributed by atoms with Crippen molar-refractivity contribution in [1.29, 1.82) is 0 Å². The van der Waals surface area contributed by atoms with Gasteiger partial charge >= 0.3 is 0 Å². The van der Waals surface area contributed by atoms with Gasteiger partial charge in [-0.05, 0) is 63.3 Å². The van der Waals surface area contributed by atoms with Gasteiger partial charge in [0.15, 0.2) is 10.8 Å². The number of hydrogen-bond donors (Lipinski definition) is 0. The van der Waals surface area contributed by atoms with Crippen LogP contribution in [0.5, 0.6) is 0 Å². The third kappa shape index (κ3) is 3.96. The molecule has 0 bridgehead atoms. The maximum atomic E-state index is 13.5. The Morgan fingerprint density at radius 2 is 1.84 bits per heavy atom. The zero-order valence-electron chi connectivity index (χ0n) is 17.7. The van der Waals surface area contributed by atoms with E-state index in [-0.39, 0.29) is 11.7 Å². The van der Waals surface area contributed by atoms with Gasteiger partial charge in [0.25, 0.3) is 5.91 Å². The molecule has 1 saturated heterocycles. The molecule has 0 spiro atoms. The molecule has 1 aliphatic carbocycles. The number of hydrogen-bond acceptors (Lipinski definition) is 5. The summed E-state index contributed by atoms with van der Waals surface area (Å²) < 4.78 is 15.3. The van der Waals surface area contributed by atoms with Crippen LogP contribution in [0.1, 0.15) is 46.7 Å². The van der Waals surface area contributed by atoms with E-state index in [9.17, 15) is 9.18 Å². The van der Waals surface area contributed by atoms with E-state index in [0.717, 1.165) is 79.5 Å². The zero-order chi connectivity index (χ0) is 21.4. The largest absolute Gasteiger partial charge is 0.346 e. The molecular weight excluding hydrogens is 413 g/mol. The van der Waals surface area contributed by atoms with Crippen LogP contribution in [0.2, 0.25) is 0 Å². The Balaban J connectivity index is 1.40. The second-order valence-corrected chi connectivity index (χ2v) is 9.11. The van der Waals surface area contributed by atoms with Crippen LogP contribution < -0.4 is 4.90 Å². The minimum absolute atomic E-state index is 0.0104. The lowest BCUT2D eigenvalue weighted by molar-refractivity contribution is 0.0759. The van der Waals surface area contributed by atoms with Crippen molar-refractivity contribution in [3.8, 4) is 5.69 Å². The molecule has 1 fully saturated rings. The van der Waals surface area contributed by atoms with Crippen LogP contribution in [0.3, 0.4) is 0 Å². The van der Waals surface area contributed by atoms with Gasteiger partial charge in [-0.2, -0.15) is 5.10 Å².